The van der Waals surface area contributed by atoms with Gasteiger partial charge in [-0.3, -0.25) is 4.98 Å². The van der Waals surface area contributed by atoms with Crippen LogP contribution in [-0.2, 0) is 9.84 Å². The molecular weight excluding hydrogens is 436 g/mol. The molecule has 0 radical (unpaired) electrons. The highest BCUT2D eigenvalue weighted by atomic mass is 35.5. The Hall–Kier alpha value is -2.71. The van der Waals surface area contributed by atoms with Crippen molar-refractivity contribution in [3.05, 3.63) is 60.0 Å². The van der Waals surface area contributed by atoms with Crippen molar-refractivity contribution in [2.45, 2.75) is 4.90 Å². The number of rotatable bonds is 6. The maximum absolute atomic E-state index is 11.6. The SMILES string of the molecule is CS(=O)(=O)c1ccc(-c2ccc(OC[C@@H]3C4CN(c5ncc(Cl)cn5)C[C@H]43)cn2)cc1. The molecule has 0 amide bonds. The van der Waals surface area contributed by atoms with Crippen molar-refractivity contribution in [3.8, 4) is 17.0 Å². The van der Waals surface area contributed by atoms with Crippen LogP contribution in [0, 0.1) is 17.8 Å². The number of halogens is 1. The van der Waals surface area contributed by atoms with Gasteiger partial charge in [-0.2, -0.15) is 0 Å². The van der Waals surface area contributed by atoms with Gasteiger partial charge in [-0.05, 0) is 36.1 Å². The fourth-order valence-electron chi connectivity index (χ4n) is 4.23. The molecule has 1 unspecified atom stereocenters. The lowest BCUT2D eigenvalue weighted by atomic mass is 10.1. The summed E-state index contributed by atoms with van der Waals surface area (Å²) in [5, 5.41) is 0.546. The molecule has 3 heterocycles. The van der Waals surface area contributed by atoms with Crippen LogP contribution in [0.5, 0.6) is 5.75 Å². The Labute approximate surface area is 186 Å². The standard InChI is InChI=1S/C22H21ClN4O3S/c1-31(28,29)17-5-2-14(3-6-17)21-7-4-16(10-24-21)30-13-20-18-11-27(12-19(18)20)22-25-8-15(23)9-26-22/h2-10,18-20H,11-13H2,1H3/t18-,19?,20+/m1/s1. The van der Waals surface area contributed by atoms with E-state index in [2.05, 4.69) is 19.9 Å². The lowest BCUT2D eigenvalue weighted by Gasteiger charge is -2.19. The Kier molecular flexibility index (Phi) is 5.06. The monoisotopic (exact) mass is 456 g/mol. The minimum atomic E-state index is -3.20. The summed E-state index contributed by atoms with van der Waals surface area (Å²) >= 11 is 5.86. The van der Waals surface area contributed by atoms with Crippen LogP contribution in [0.15, 0.2) is 59.9 Å². The van der Waals surface area contributed by atoms with Crippen molar-refractivity contribution in [2.24, 2.45) is 17.8 Å². The zero-order valence-electron chi connectivity index (χ0n) is 16.8. The summed E-state index contributed by atoms with van der Waals surface area (Å²) < 4.78 is 29.1. The smallest absolute Gasteiger partial charge is 0.225 e. The summed E-state index contributed by atoms with van der Waals surface area (Å²) in [6.45, 7) is 2.57. The Morgan fingerprint density at radius 3 is 2.26 bits per heavy atom. The van der Waals surface area contributed by atoms with E-state index in [1.807, 2.05) is 12.1 Å². The highest BCUT2D eigenvalue weighted by Gasteiger charge is 2.56. The van der Waals surface area contributed by atoms with Gasteiger partial charge in [0, 0.05) is 30.8 Å². The minimum absolute atomic E-state index is 0.298. The van der Waals surface area contributed by atoms with Crippen LogP contribution in [0.25, 0.3) is 11.3 Å². The number of nitrogens with zero attached hydrogens (tertiary/aromatic N) is 4. The van der Waals surface area contributed by atoms with Crippen molar-refractivity contribution in [3.63, 3.8) is 0 Å². The first-order valence-corrected chi connectivity index (χ1v) is 12.3. The van der Waals surface area contributed by atoms with Crippen LogP contribution in [0.1, 0.15) is 0 Å². The molecule has 0 N–H and O–H groups in total. The molecule has 31 heavy (non-hydrogen) atoms. The van der Waals surface area contributed by atoms with Crippen LogP contribution in [0.4, 0.5) is 5.95 Å². The second kappa shape index (κ2) is 7.76. The number of pyridine rings is 1. The Bertz CT molecular complexity index is 1170. The summed E-state index contributed by atoms with van der Waals surface area (Å²) in [5.74, 6) is 3.24. The van der Waals surface area contributed by atoms with Gasteiger partial charge in [0.25, 0.3) is 0 Å². The first kappa shape index (κ1) is 20.2. The number of benzene rings is 1. The van der Waals surface area contributed by atoms with Crippen molar-refractivity contribution >= 4 is 27.4 Å². The van der Waals surface area contributed by atoms with E-state index in [0.29, 0.717) is 34.3 Å². The lowest BCUT2D eigenvalue weighted by molar-refractivity contribution is 0.282. The van der Waals surface area contributed by atoms with Crippen molar-refractivity contribution in [2.75, 3.05) is 30.9 Å². The number of anilines is 1. The fourth-order valence-corrected chi connectivity index (χ4v) is 4.96. The van der Waals surface area contributed by atoms with E-state index >= 15 is 0 Å². The van der Waals surface area contributed by atoms with Gasteiger partial charge in [0.1, 0.15) is 5.75 Å². The van der Waals surface area contributed by atoms with Gasteiger partial charge in [0.05, 0.1) is 40.8 Å². The van der Waals surface area contributed by atoms with E-state index in [1.54, 1.807) is 42.9 Å². The molecule has 1 aromatic carbocycles. The number of aromatic nitrogens is 3. The van der Waals surface area contributed by atoms with Gasteiger partial charge in [-0.25, -0.2) is 18.4 Å². The molecule has 3 aromatic rings. The molecule has 5 rings (SSSR count). The van der Waals surface area contributed by atoms with E-state index in [-0.39, 0.29) is 0 Å². The highest BCUT2D eigenvalue weighted by Crippen LogP contribution is 2.52. The van der Waals surface area contributed by atoms with Crippen LogP contribution in [0.2, 0.25) is 5.02 Å². The van der Waals surface area contributed by atoms with E-state index in [4.69, 9.17) is 16.3 Å². The molecule has 2 fully saturated rings. The maximum atomic E-state index is 11.6. The average molecular weight is 457 g/mol. The van der Waals surface area contributed by atoms with Crippen LogP contribution in [0.3, 0.4) is 0 Å². The summed E-state index contributed by atoms with van der Waals surface area (Å²) in [4.78, 5) is 15.6. The Morgan fingerprint density at radius 1 is 1.00 bits per heavy atom. The quantitative estimate of drug-likeness (QED) is 0.562. The molecule has 7 nitrogen and oxygen atoms in total. The maximum Gasteiger partial charge on any atom is 0.225 e. The van der Waals surface area contributed by atoms with E-state index < -0.39 is 9.84 Å². The molecule has 2 aromatic heterocycles. The summed E-state index contributed by atoms with van der Waals surface area (Å²) in [7, 11) is -3.20. The van der Waals surface area contributed by atoms with Gasteiger partial charge in [-0.1, -0.05) is 23.7 Å². The average Bonchev–Trinajstić information content (AvgIpc) is 3.21. The molecule has 1 saturated carbocycles. The molecule has 2 aliphatic rings. The van der Waals surface area contributed by atoms with E-state index in [1.165, 1.54) is 6.26 Å². The van der Waals surface area contributed by atoms with Crippen LogP contribution in [-0.4, -0.2) is 49.3 Å². The molecule has 3 atom stereocenters. The Morgan fingerprint density at radius 2 is 1.68 bits per heavy atom. The molecule has 0 spiro atoms. The molecule has 0 bridgehead atoms. The van der Waals surface area contributed by atoms with Gasteiger partial charge < -0.3 is 9.64 Å². The van der Waals surface area contributed by atoms with Crippen molar-refractivity contribution in [1.29, 1.82) is 0 Å². The van der Waals surface area contributed by atoms with Gasteiger partial charge in [0.15, 0.2) is 9.84 Å². The highest BCUT2D eigenvalue weighted by molar-refractivity contribution is 7.90. The fraction of sp³-hybridized carbons (Fsp3) is 0.318. The minimum Gasteiger partial charge on any atom is -0.492 e. The summed E-state index contributed by atoms with van der Waals surface area (Å²) in [6, 6.07) is 10.5. The number of piperidine rings is 1. The largest absolute Gasteiger partial charge is 0.492 e. The number of sulfone groups is 1. The van der Waals surface area contributed by atoms with Crippen LogP contribution < -0.4 is 9.64 Å². The molecule has 160 valence electrons. The predicted octanol–water partition coefficient (Wildman–Crippen LogP) is 3.36. The normalized spacial score (nSPS) is 22.3. The van der Waals surface area contributed by atoms with Crippen molar-refractivity contribution < 1.29 is 13.2 Å². The molecule has 1 aliphatic heterocycles. The number of ether oxygens (including phenoxy) is 1. The van der Waals surface area contributed by atoms with Crippen LogP contribution >= 0.6 is 11.6 Å². The zero-order chi connectivity index (χ0) is 21.6. The molecule has 9 heteroatoms. The first-order valence-electron chi connectivity index (χ1n) is 10.0. The summed E-state index contributed by atoms with van der Waals surface area (Å²) in [6.07, 6.45) is 6.17. The third kappa shape index (κ3) is 4.22. The second-order valence-electron chi connectivity index (χ2n) is 8.08. The lowest BCUT2D eigenvalue weighted by Crippen LogP contribution is -2.27. The zero-order valence-corrected chi connectivity index (χ0v) is 18.4. The van der Waals surface area contributed by atoms with Gasteiger partial charge in [0.2, 0.25) is 5.95 Å². The molecule has 1 aliphatic carbocycles. The third-order valence-corrected chi connectivity index (χ3v) is 7.34. The predicted molar refractivity (Wildman–Crippen MR) is 118 cm³/mol. The van der Waals surface area contributed by atoms with E-state index in [9.17, 15) is 8.42 Å². The topological polar surface area (TPSA) is 85.3 Å². The molecular formula is C22H21ClN4O3S. The van der Waals surface area contributed by atoms with Gasteiger partial charge >= 0.3 is 0 Å². The Balaban J connectivity index is 1.14. The van der Waals surface area contributed by atoms with Gasteiger partial charge in [-0.15, -0.1) is 0 Å². The number of hydrogen-bond acceptors (Lipinski definition) is 7. The van der Waals surface area contributed by atoms with E-state index in [0.717, 1.165) is 36.0 Å². The summed E-state index contributed by atoms with van der Waals surface area (Å²) in [5.41, 5.74) is 1.63. The van der Waals surface area contributed by atoms with Crippen molar-refractivity contribution in [1.82, 2.24) is 15.0 Å². The number of fused-ring (bicyclic) bond motifs is 1. The number of hydrogen-bond donors (Lipinski definition) is 0. The molecule has 1 saturated heterocycles. The second-order valence-corrected chi connectivity index (χ2v) is 10.5. The third-order valence-electron chi connectivity index (χ3n) is 6.02. The first-order chi connectivity index (χ1) is 14.9.